The number of rotatable bonds is 5. The summed E-state index contributed by atoms with van der Waals surface area (Å²) in [6.45, 7) is 9.68. The molecular formula is C32H38N6O4. The Balaban J connectivity index is 1.40. The van der Waals surface area contributed by atoms with Crippen LogP contribution in [0, 0.1) is 6.92 Å². The van der Waals surface area contributed by atoms with Gasteiger partial charge in [0, 0.05) is 49.2 Å². The van der Waals surface area contributed by atoms with E-state index in [1.807, 2.05) is 43.0 Å². The fourth-order valence-corrected chi connectivity index (χ4v) is 6.14. The van der Waals surface area contributed by atoms with E-state index in [0.717, 1.165) is 51.7 Å². The monoisotopic (exact) mass is 570 g/mol. The van der Waals surface area contributed by atoms with Gasteiger partial charge in [0.25, 0.3) is 5.91 Å². The van der Waals surface area contributed by atoms with E-state index in [4.69, 9.17) is 4.74 Å². The molecule has 2 amide bonds. The minimum absolute atomic E-state index is 0.0419. The number of aromatic amines is 1. The molecule has 0 aliphatic carbocycles. The third-order valence-corrected chi connectivity index (χ3v) is 8.18. The number of H-pyrrole nitrogens is 1. The number of fused-ring (bicyclic) bond motifs is 2. The molecule has 10 heteroatoms. The van der Waals surface area contributed by atoms with E-state index in [1.54, 1.807) is 17.1 Å². The number of aromatic nitrogens is 4. The molecule has 3 aromatic heterocycles. The standard InChI is InChI=1S/C32H38N6O4/c1-20-15-33-29-25(20)14-23(16-34-29)22-12-21-7-9-36(30(40)24-17-35-37(18-24)10-11-39)19-27(21)26(13-22)28-6-5-8-38(28)31(41)42-32(2,3)4/h12-18,28,39H,5-11,19H2,1-4H3,(H,33,34). The lowest BCUT2D eigenvalue weighted by molar-refractivity contribution is 0.0222. The number of pyridine rings is 1. The van der Waals surface area contributed by atoms with E-state index in [2.05, 4.69) is 40.2 Å². The lowest BCUT2D eigenvalue weighted by Gasteiger charge is -2.34. The van der Waals surface area contributed by atoms with Crippen molar-refractivity contribution in [1.29, 1.82) is 0 Å². The van der Waals surface area contributed by atoms with Crippen LogP contribution in [0.2, 0.25) is 0 Å². The van der Waals surface area contributed by atoms with Gasteiger partial charge in [-0.2, -0.15) is 5.10 Å². The Morgan fingerprint density at radius 1 is 1.14 bits per heavy atom. The molecule has 0 radical (unpaired) electrons. The largest absolute Gasteiger partial charge is 0.444 e. The summed E-state index contributed by atoms with van der Waals surface area (Å²) in [7, 11) is 0. The van der Waals surface area contributed by atoms with Crippen molar-refractivity contribution >= 4 is 23.0 Å². The second-order valence-electron chi connectivity index (χ2n) is 12.3. The molecule has 42 heavy (non-hydrogen) atoms. The van der Waals surface area contributed by atoms with Gasteiger partial charge < -0.3 is 24.6 Å². The fourth-order valence-electron chi connectivity index (χ4n) is 6.14. The number of likely N-dealkylation sites (tertiary alicyclic amines) is 1. The third-order valence-electron chi connectivity index (χ3n) is 8.18. The lowest BCUT2D eigenvalue weighted by Crippen LogP contribution is -2.39. The molecule has 2 aliphatic heterocycles. The molecule has 10 nitrogen and oxygen atoms in total. The number of aliphatic hydroxyl groups is 1. The molecule has 1 fully saturated rings. The zero-order valence-corrected chi connectivity index (χ0v) is 24.7. The first-order valence-corrected chi connectivity index (χ1v) is 14.6. The van der Waals surface area contributed by atoms with Crippen molar-refractivity contribution in [2.75, 3.05) is 19.7 Å². The first-order chi connectivity index (χ1) is 20.1. The molecule has 6 rings (SSSR count). The maximum absolute atomic E-state index is 13.5. The first kappa shape index (κ1) is 28.0. The van der Waals surface area contributed by atoms with Crippen LogP contribution in [0.3, 0.4) is 0 Å². The number of ether oxygens (including phenoxy) is 1. The summed E-state index contributed by atoms with van der Waals surface area (Å²) < 4.78 is 7.39. The van der Waals surface area contributed by atoms with Crippen LogP contribution in [0.4, 0.5) is 4.79 Å². The Morgan fingerprint density at radius 2 is 1.98 bits per heavy atom. The summed E-state index contributed by atoms with van der Waals surface area (Å²) in [6, 6.07) is 6.42. The van der Waals surface area contributed by atoms with Crippen molar-refractivity contribution in [1.82, 2.24) is 29.5 Å². The fraction of sp³-hybridized carbons (Fsp3) is 0.438. The second kappa shape index (κ2) is 10.9. The number of aliphatic hydroxyl groups excluding tert-OH is 1. The van der Waals surface area contributed by atoms with E-state index in [1.165, 1.54) is 5.56 Å². The van der Waals surface area contributed by atoms with Gasteiger partial charge in [0.1, 0.15) is 11.2 Å². The van der Waals surface area contributed by atoms with Crippen LogP contribution >= 0.6 is 0 Å². The van der Waals surface area contributed by atoms with Crippen LogP contribution in [-0.2, 0) is 24.2 Å². The smallest absolute Gasteiger partial charge is 0.410 e. The van der Waals surface area contributed by atoms with Crippen molar-refractivity contribution < 1.29 is 19.4 Å². The molecule has 1 aromatic carbocycles. The molecule has 0 bridgehead atoms. The SMILES string of the molecule is Cc1c[nH]c2ncc(-c3cc4c(c(C5CCCN5C(=O)OC(C)(C)C)c3)CN(C(=O)c3cnn(CCO)c3)CC4)cc12. The molecule has 1 unspecified atom stereocenters. The number of hydrogen-bond acceptors (Lipinski definition) is 6. The summed E-state index contributed by atoms with van der Waals surface area (Å²) in [5.74, 6) is -0.0899. The Labute approximate surface area is 245 Å². The third kappa shape index (κ3) is 5.38. The Bertz CT molecular complexity index is 1650. The van der Waals surface area contributed by atoms with E-state index in [-0.39, 0.29) is 24.6 Å². The number of hydrogen-bond donors (Lipinski definition) is 2. The Morgan fingerprint density at radius 3 is 2.76 bits per heavy atom. The van der Waals surface area contributed by atoms with Gasteiger partial charge in [-0.3, -0.25) is 9.48 Å². The van der Waals surface area contributed by atoms with Gasteiger partial charge in [-0.05, 0) is 86.9 Å². The molecule has 4 aromatic rings. The van der Waals surface area contributed by atoms with Gasteiger partial charge in [-0.15, -0.1) is 0 Å². The Hall–Kier alpha value is -4.18. The molecule has 2 N–H and O–H groups in total. The highest BCUT2D eigenvalue weighted by Gasteiger charge is 2.36. The predicted molar refractivity (Wildman–Crippen MR) is 159 cm³/mol. The minimum atomic E-state index is -0.593. The minimum Gasteiger partial charge on any atom is -0.444 e. The zero-order valence-electron chi connectivity index (χ0n) is 24.7. The van der Waals surface area contributed by atoms with Gasteiger partial charge in [-0.25, -0.2) is 9.78 Å². The summed E-state index contributed by atoms with van der Waals surface area (Å²) in [5, 5.41) is 14.5. The second-order valence-corrected chi connectivity index (χ2v) is 12.3. The molecular weight excluding hydrogens is 532 g/mol. The van der Waals surface area contributed by atoms with Crippen molar-refractivity contribution in [3.8, 4) is 11.1 Å². The van der Waals surface area contributed by atoms with Crippen LogP contribution in [-0.4, -0.2) is 72.0 Å². The highest BCUT2D eigenvalue weighted by atomic mass is 16.6. The number of carbonyl (C=O) groups is 2. The van der Waals surface area contributed by atoms with E-state index in [0.29, 0.717) is 38.2 Å². The van der Waals surface area contributed by atoms with Crippen LogP contribution < -0.4 is 0 Å². The van der Waals surface area contributed by atoms with Gasteiger partial charge in [0.05, 0.1) is 31.0 Å². The summed E-state index contributed by atoms with van der Waals surface area (Å²) >= 11 is 0. The normalized spacial score (nSPS) is 17.1. The van der Waals surface area contributed by atoms with E-state index < -0.39 is 5.60 Å². The number of nitrogens with one attached hydrogen (secondary N) is 1. The Kier molecular flexibility index (Phi) is 7.26. The highest BCUT2D eigenvalue weighted by molar-refractivity contribution is 5.94. The van der Waals surface area contributed by atoms with Gasteiger partial charge in [0.2, 0.25) is 0 Å². The highest BCUT2D eigenvalue weighted by Crippen LogP contribution is 2.40. The van der Waals surface area contributed by atoms with E-state index in [9.17, 15) is 14.7 Å². The maximum Gasteiger partial charge on any atom is 0.410 e. The predicted octanol–water partition coefficient (Wildman–Crippen LogP) is 5.00. The van der Waals surface area contributed by atoms with Crippen LogP contribution in [0.25, 0.3) is 22.2 Å². The van der Waals surface area contributed by atoms with Crippen molar-refractivity contribution in [2.24, 2.45) is 0 Å². The van der Waals surface area contributed by atoms with E-state index >= 15 is 0 Å². The average molecular weight is 571 g/mol. The maximum atomic E-state index is 13.5. The lowest BCUT2D eigenvalue weighted by atomic mass is 9.86. The molecule has 1 atom stereocenters. The number of carbonyl (C=O) groups excluding carboxylic acids is 2. The molecule has 220 valence electrons. The molecule has 2 aliphatic rings. The van der Waals surface area contributed by atoms with Gasteiger partial charge in [-0.1, -0.05) is 6.07 Å². The topological polar surface area (TPSA) is 117 Å². The van der Waals surface area contributed by atoms with Crippen LogP contribution in [0.1, 0.15) is 72.3 Å². The molecule has 0 saturated carbocycles. The molecule has 5 heterocycles. The van der Waals surface area contributed by atoms with Gasteiger partial charge >= 0.3 is 6.09 Å². The zero-order chi connectivity index (χ0) is 29.6. The van der Waals surface area contributed by atoms with Gasteiger partial charge in [0.15, 0.2) is 0 Å². The summed E-state index contributed by atoms with van der Waals surface area (Å²) in [4.78, 5) is 38.5. The molecule has 0 spiro atoms. The van der Waals surface area contributed by atoms with Crippen molar-refractivity contribution in [2.45, 2.75) is 71.7 Å². The average Bonchev–Trinajstić information content (AvgIpc) is 3.71. The number of benzene rings is 1. The van der Waals surface area contributed by atoms with Crippen LogP contribution in [0.15, 0.2) is 43.0 Å². The number of amides is 2. The van der Waals surface area contributed by atoms with Crippen molar-refractivity contribution in [3.63, 3.8) is 0 Å². The van der Waals surface area contributed by atoms with Crippen LogP contribution in [0.5, 0.6) is 0 Å². The molecule has 1 saturated heterocycles. The van der Waals surface area contributed by atoms with Crippen molar-refractivity contribution in [3.05, 3.63) is 70.8 Å². The summed E-state index contributed by atoms with van der Waals surface area (Å²) in [6.07, 6.45) is 9.20. The quantitative estimate of drug-likeness (QED) is 0.349. The first-order valence-electron chi connectivity index (χ1n) is 14.6. The number of aryl methyl sites for hydroxylation is 1. The number of nitrogens with zero attached hydrogens (tertiary/aromatic N) is 5. The summed E-state index contributed by atoms with van der Waals surface area (Å²) in [5.41, 5.74) is 7.32.